The SMILES string of the molecule is CC(C)CC(=O)Oc1ccc(C(=O)C(N)C(C)(C)C)cc1OC(=O)CC(C)C.Cl. The van der Waals surface area contributed by atoms with Crippen molar-refractivity contribution in [1.82, 2.24) is 0 Å². The van der Waals surface area contributed by atoms with E-state index in [1.165, 1.54) is 18.2 Å². The van der Waals surface area contributed by atoms with Gasteiger partial charge >= 0.3 is 11.9 Å². The Hall–Kier alpha value is -1.92. The lowest BCUT2D eigenvalue weighted by Gasteiger charge is -2.25. The summed E-state index contributed by atoms with van der Waals surface area (Å²) in [7, 11) is 0. The highest BCUT2D eigenvalue weighted by atomic mass is 35.5. The first kappa shape index (κ1) is 27.1. The number of rotatable bonds is 8. The van der Waals surface area contributed by atoms with E-state index in [0.717, 1.165) is 0 Å². The average molecular weight is 428 g/mol. The molecule has 29 heavy (non-hydrogen) atoms. The van der Waals surface area contributed by atoms with Crippen LogP contribution in [0.4, 0.5) is 0 Å². The molecule has 0 heterocycles. The van der Waals surface area contributed by atoms with Crippen molar-refractivity contribution in [2.45, 2.75) is 67.3 Å². The van der Waals surface area contributed by atoms with E-state index in [0.29, 0.717) is 5.56 Å². The van der Waals surface area contributed by atoms with Crippen molar-refractivity contribution in [3.8, 4) is 11.5 Å². The van der Waals surface area contributed by atoms with Crippen LogP contribution in [0.3, 0.4) is 0 Å². The number of nitrogens with two attached hydrogens (primary N) is 1. The maximum absolute atomic E-state index is 12.7. The molecule has 164 valence electrons. The third-order valence-electron chi connectivity index (χ3n) is 4.04. The fourth-order valence-electron chi connectivity index (χ4n) is 2.39. The zero-order chi connectivity index (χ0) is 21.6. The average Bonchev–Trinajstić information content (AvgIpc) is 2.52. The Morgan fingerprint density at radius 2 is 1.34 bits per heavy atom. The largest absolute Gasteiger partial charge is 0.423 e. The molecule has 1 rings (SSSR count). The van der Waals surface area contributed by atoms with Crippen LogP contribution in [0.5, 0.6) is 11.5 Å². The van der Waals surface area contributed by atoms with Crippen molar-refractivity contribution >= 4 is 30.1 Å². The van der Waals surface area contributed by atoms with Crippen LogP contribution in [0.1, 0.15) is 71.7 Å². The van der Waals surface area contributed by atoms with Crippen molar-refractivity contribution in [2.75, 3.05) is 0 Å². The standard InChI is InChI=1S/C22H33NO5.ClH/c1-13(2)10-18(24)27-16-9-8-15(20(26)21(23)22(5,6)7)12-17(16)28-19(25)11-14(3)4;/h8-9,12-14,21H,10-11,23H2,1-7H3;1H. The number of hydrogen-bond donors (Lipinski definition) is 1. The van der Waals surface area contributed by atoms with Crippen LogP contribution in [0.15, 0.2) is 18.2 Å². The molecule has 0 aliphatic carbocycles. The molecule has 0 bridgehead atoms. The van der Waals surface area contributed by atoms with E-state index in [1.807, 2.05) is 48.5 Å². The Morgan fingerprint density at radius 3 is 1.76 bits per heavy atom. The summed E-state index contributed by atoms with van der Waals surface area (Å²) in [6.07, 6.45) is 0.439. The molecule has 7 heteroatoms. The summed E-state index contributed by atoms with van der Waals surface area (Å²) >= 11 is 0. The second-order valence-corrected chi connectivity index (χ2v) is 9.01. The Kier molecular flexibility index (Phi) is 10.6. The van der Waals surface area contributed by atoms with Crippen molar-refractivity contribution < 1.29 is 23.9 Å². The molecule has 1 aromatic rings. The second-order valence-electron chi connectivity index (χ2n) is 9.01. The molecule has 0 saturated carbocycles. The van der Waals surface area contributed by atoms with E-state index < -0.39 is 23.4 Å². The van der Waals surface area contributed by atoms with E-state index in [-0.39, 0.29) is 54.4 Å². The maximum atomic E-state index is 12.7. The van der Waals surface area contributed by atoms with E-state index in [1.54, 1.807) is 0 Å². The number of hydrogen-bond acceptors (Lipinski definition) is 6. The van der Waals surface area contributed by atoms with Gasteiger partial charge in [-0.2, -0.15) is 0 Å². The number of ether oxygens (including phenoxy) is 2. The summed E-state index contributed by atoms with van der Waals surface area (Å²) in [5, 5.41) is 0. The molecule has 6 nitrogen and oxygen atoms in total. The molecule has 1 atom stereocenters. The van der Waals surface area contributed by atoms with Gasteiger partial charge in [0.2, 0.25) is 0 Å². The first-order valence-corrected chi connectivity index (χ1v) is 9.66. The summed E-state index contributed by atoms with van der Waals surface area (Å²) in [6.45, 7) is 13.2. The summed E-state index contributed by atoms with van der Waals surface area (Å²) in [6, 6.07) is 3.70. The fourth-order valence-corrected chi connectivity index (χ4v) is 2.39. The van der Waals surface area contributed by atoms with Crippen LogP contribution in [-0.4, -0.2) is 23.8 Å². The lowest BCUT2D eigenvalue weighted by molar-refractivity contribution is -0.138. The number of esters is 2. The van der Waals surface area contributed by atoms with Crippen molar-refractivity contribution in [2.24, 2.45) is 23.0 Å². The monoisotopic (exact) mass is 427 g/mol. The Labute approximate surface area is 179 Å². The molecule has 2 N–H and O–H groups in total. The van der Waals surface area contributed by atoms with Gasteiger partial charge < -0.3 is 15.2 Å². The highest BCUT2D eigenvalue weighted by Gasteiger charge is 2.29. The lowest BCUT2D eigenvalue weighted by Crippen LogP contribution is -2.42. The van der Waals surface area contributed by atoms with Gasteiger partial charge in [-0.1, -0.05) is 48.5 Å². The van der Waals surface area contributed by atoms with Gasteiger partial charge in [-0.05, 0) is 35.4 Å². The molecule has 0 aromatic heterocycles. The van der Waals surface area contributed by atoms with Crippen LogP contribution < -0.4 is 15.2 Å². The Balaban J connectivity index is 0.00000784. The molecule has 1 unspecified atom stereocenters. The third-order valence-corrected chi connectivity index (χ3v) is 4.04. The molecule has 0 spiro atoms. The highest BCUT2D eigenvalue weighted by Crippen LogP contribution is 2.31. The number of benzene rings is 1. The van der Waals surface area contributed by atoms with Crippen LogP contribution >= 0.6 is 12.4 Å². The number of Topliss-reactive ketones (excluding diaryl/α,β-unsaturated/α-hetero) is 1. The van der Waals surface area contributed by atoms with E-state index >= 15 is 0 Å². The van der Waals surface area contributed by atoms with Gasteiger partial charge in [-0.15, -0.1) is 12.4 Å². The van der Waals surface area contributed by atoms with Gasteiger partial charge in [-0.3, -0.25) is 14.4 Å². The van der Waals surface area contributed by atoms with E-state index in [4.69, 9.17) is 15.2 Å². The summed E-state index contributed by atoms with van der Waals surface area (Å²) < 4.78 is 10.8. The first-order chi connectivity index (χ1) is 12.8. The van der Waals surface area contributed by atoms with Crippen LogP contribution in [0.25, 0.3) is 0 Å². The molecular weight excluding hydrogens is 394 g/mol. The van der Waals surface area contributed by atoms with Gasteiger partial charge in [0, 0.05) is 18.4 Å². The normalized spacial score (nSPS) is 12.3. The predicted molar refractivity (Wildman–Crippen MR) is 116 cm³/mol. The minimum atomic E-state index is -0.721. The zero-order valence-corrected chi connectivity index (χ0v) is 19.2. The summed E-state index contributed by atoms with van der Waals surface area (Å²) in [5.74, 6) is -0.752. The summed E-state index contributed by atoms with van der Waals surface area (Å²) in [4.78, 5) is 36.9. The second kappa shape index (κ2) is 11.3. The highest BCUT2D eigenvalue weighted by molar-refractivity contribution is 6.01. The van der Waals surface area contributed by atoms with Gasteiger partial charge in [-0.25, -0.2) is 0 Å². The van der Waals surface area contributed by atoms with Crippen LogP contribution in [-0.2, 0) is 9.59 Å². The van der Waals surface area contributed by atoms with Crippen molar-refractivity contribution in [1.29, 1.82) is 0 Å². The minimum Gasteiger partial charge on any atom is -0.423 e. The zero-order valence-electron chi connectivity index (χ0n) is 18.4. The first-order valence-electron chi connectivity index (χ1n) is 9.66. The molecule has 0 aliphatic heterocycles. The van der Waals surface area contributed by atoms with Gasteiger partial charge in [0.25, 0.3) is 0 Å². The fraction of sp³-hybridized carbons (Fsp3) is 0.591. The number of carbonyl (C=O) groups excluding carboxylic acids is 3. The molecule has 1 aromatic carbocycles. The van der Waals surface area contributed by atoms with Crippen LogP contribution in [0, 0.1) is 17.3 Å². The van der Waals surface area contributed by atoms with Gasteiger partial charge in [0.15, 0.2) is 17.3 Å². The Morgan fingerprint density at radius 1 is 0.897 bits per heavy atom. The predicted octanol–water partition coefficient (Wildman–Crippen LogP) is 4.57. The number of ketones is 1. The quantitative estimate of drug-likeness (QED) is 0.371. The van der Waals surface area contributed by atoms with Gasteiger partial charge in [0.1, 0.15) is 0 Å². The summed E-state index contributed by atoms with van der Waals surface area (Å²) in [5.41, 5.74) is 5.96. The molecule has 0 fully saturated rings. The lowest BCUT2D eigenvalue weighted by atomic mass is 9.83. The van der Waals surface area contributed by atoms with E-state index in [9.17, 15) is 14.4 Å². The minimum absolute atomic E-state index is 0. The number of halogens is 1. The molecule has 0 saturated heterocycles. The topological polar surface area (TPSA) is 95.7 Å². The Bertz CT molecular complexity index is 722. The molecule has 0 amide bonds. The van der Waals surface area contributed by atoms with Crippen molar-refractivity contribution in [3.63, 3.8) is 0 Å². The third kappa shape index (κ3) is 8.96. The maximum Gasteiger partial charge on any atom is 0.311 e. The van der Waals surface area contributed by atoms with E-state index in [2.05, 4.69) is 0 Å². The van der Waals surface area contributed by atoms with Crippen molar-refractivity contribution in [3.05, 3.63) is 23.8 Å². The van der Waals surface area contributed by atoms with Gasteiger partial charge in [0.05, 0.1) is 6.04 Å². The van der Waals surface area contributed by atoms with Crippen LogP contribution in [0.2, 0.25) is 0 Å². The molecule has 0 radical (unpaired) electrons. The smallest absolute Gasteiger partial charge is 0.311 e. The molecule has 0 aliphatic rings. The molecular formula is C22H34ClNO5. The number of carbonyl (C=O) groups is 3.